The molecule has 142 valence electrons. The van der Waals surface area contributed by atoms with Crippen molar-refractivity contribution in [2.24, 2.45) is 0 Å². The maximum absolute atomic E-state index is 13.9. The summed E-state index contributed by atoms with van der Waals surface area (Å²) in [6.45, 7) is 1.86. The fourth-order valence-corrected chi connectivity index (χ4v) is 2.56. The van der Waals surface area contributed by atoms with E-state index in [4.69, 9.17) is 5.11 Å². The molecule has 2 aromatic carbocycles. The molecule has 0 fully saturated rings. The van der Waals surface area contributed by atoms with Crippen molar-refractivity contribution in [1.82, 2.24) is 5.32 Å². The summed E-state index contributed by atoms with van der Waals surface area (Å²) < 4.78 is 13.9. The first kappa shape index (κ1) is 20.1. The van der Waals surface area contributed by atoms with Crippen molar-refractivity contribution < 1.29 is 23.9 Å². The van der Waals surface area contributed by atoms with E-state index in [1.807, 2.05) is 25.1 Å². The maximum Gasteiger partial charge on any atom is 0.335 e. The van der Waals surface area contributed by atoms with Crippen molar-refractivity contribution >= 4 is 23.5 Å². The molecule has 2 amide bonds. The molecule has 0 aromatic heterocycles. The highest BCUT2D eigenvalue weighted by molar-refractivity contribution is 5.98. The van der Waals surface area contributed by atoms with Crippen LogP contribution in [0.2, 0.25) is 0 Å². The lowest BCUT2D eigenvalue weighted by Crippen LogP contribution is -2.44. The van der Waals surface area contributed by atoms with Crippen molar-refractivity contribution in [3.63, 3.8) is 0 Å². The molecule has 0 saturated carbocycles. The second-order valence-electron chi connectivity index (χ2n) is 6.06. The smallest absolute Gasteiger partial charge is 0.335 e. The van der Waals surface area contributed by atoms with E-state index >= 15 is 0 Å². The van der Waals surface area contributed by atoms with Gasteiger partial charge >= 0.3 is 5.97 Å². The van der Waals surface area contributed by atoms with Gasteiger partial charge in [-0.15, -0.1) is 0 Å². The lowest BCUT2D eigenvalue weighted by Gasteiger charge is -2.18. The van der Waals surface area contributed by atoms with Gasteiger partial charge in [0.15, 0.2) is 0 Å². The molecule has 0 radical (unpaired) electrons. The maximum atomic E-state index is 13.9. The number of carbonyl (C=O) groups excluding carboxylic acids is 2. The number of carboxylic acid groups (broad SMARTS) is 1. The number of amides is 2. The summed E-state index contributed by atoms with van der Waals surface area (Å²) in [5.41, 5.74) is 0.427. The number of aromatic carboxylic acids is 1. The Balaban J connectivity index is 2.07. The van der Waals surface area contributed by atoms with E-state index in [1.165, 1.54) is 0 Å². The highest BCUT2D eigenvalue weighted by Crippen LogP contribution is 2.17. The monoisotopic (exact) mass is 372 g/mol. The van der Waals surface area contributed by atoms with Crippen LogP contribution in [-0.4, -0.2) is 28.9 Å². The third kappa shape index (κ3) is 5.91. The molecule has 0 spiro atoms. The van der Waals surface area contributed by atoms with Crippen LogP contribution < -0.4 is 10.6 Å². The number of hydrogen-bond donors (Lipinski definition) is 3. The molecule has 0 aliphatic carbocycles. The Hall–Kier alpha value is -3.22. The van der Waals surface area contributed by atoms with E-state index in [0.29, 0.717) is 12.8 Å². The van der Waals surface area contributed by atoms with Crippen LogP contribution in [0.4, 0.5) is 10.1 Å². The minimum atomic E-state index is -1.23. The van der Waals surface area contributed by atoms with E-state index in [0.717, 1.165) is 23.8 Å². The first-order valence-corrected chi connectivity index (χ1v) is 8.57. The number of hydrogen-bond acceptors (Lipinski definition) is 3. The van der Waals surface area contributed by atoms with E-state index < -0.39 is 23.7 Å². The van der Waals surface area contributed by atoms with Gasteiger partial charge in [0, 0.05) is 0 Å². The fraction of sp³-hybridized carbons (Fsp3) is 0.250. The van der Waals surface area contributed by atoms with Gasteiger partial charge in [-0.3, -0.25) is 9.59 Å². The third-order valence-corrected chi connectivity index (χ3v) is 3.91. The quantitative estimate of drug-likeness (QED) is 0.664. The zero-order valence-electron chi connectivity index (χ0n) is 14.9. The molecule has 0 aliphatic rings. The first-order chi connectivity index (χ1) is 12.9. The number of nitrogens with one attached hydrogen (secondary N) is 2. The van der Waals surface area contributed by atoms with Crippen molar-refractivity contribution in [1.29, 1.82) is 0 Å². The molecule has 2 rings (SSSR count). The Labute approximate surface area is 156 Å². The van der Waals surface area contributed by atoms with Crippen LogP contribution in [-0.2, 0) is 16.0 Å². The molecule has 0 bridgehead atoms. The van der Waals surface area contributed by atoms with E-state index in [1.54, 1.807) is 12.1 Å². The Kier molecular flexibility index (Phi) is 7.05. The predicted molar refractivity (Wildman–Crippen MR) is 99.0 cm³/mol. The minimum Gasteiger partial charge on any atom is -0.478 e. The molecular formula is C20H21FN2O4. The third-order valence-electron chi connectivity index (χ3n) is 3.91. The van der Waals surface area contributed by atoms with Gasteiger partial charge in [-0.1, -0.05) is 43.7 Å². The molecule has 1 atom stereocenters. The number of carbonyl (C=O) groups is 3. The Bertz CT molecular complexity index is 824. The van der Waals surface area contributed by atoms with Crippen LogP contribution in [0.5, 0.6) is 0 Å². The van der Waals surface area contributed by atoms with Crippen molar-refractivity contribution in [3.05, 3.63) is 65.5 Å². The van der Waals surface area contributed by atoms with E-state index in [-0.39, 0.29) is 23.6 Å². The molecule has 2 aromatic rings. The van der Waals surface area contributed by atoms with Crippen molar-refractivity contribution in [2.75, 3.05) is 5.32 Å². The molecule has 0 saturated heterocycles. The summed E-state index contributed by atoms with van der Waals surface area (Å²) >= 11 is 0. The zero-order valence-corrected chi connectivity index (χ0v) is 14.9. The first-order valence-electron chi connectivity index (χ1n) is 8.57. The topological polar surface area (TPSA) is 95.5 Å². The highest BCUT2D eigenvalue weighted by atomic mass is 19.1. The molecule has 0 aliphatic heterocycles. The van der Waals surface area contributed by atoms with Gasteiger partial charge in [-0.2, -0.15) is 0 Å². The summed E-state index contributed by atoms with van der Waals surface area (Å²) in [5.74, 6) is -2.90. The number of rotatable bonds is 8. The summed E-state index contributed by atoms with van der Waals surface area (Å²) in [5, 5.41) is 14.0. The van der Waals surface area contributed by atoms with Gasteiger partial charge in [-0.05, 0) is 30.2 Å². The van der Waals surface area contributed by atoms with Crippen LogP contribution in [0.3, 0.4) is 0 Å². The Morgan fingerprint density at radius 2 is 1.81 bits per heavy atom. The largest absolute Gasteiger partial charge is 0.478 e. The van der Waals surface area contributed by atoms with E-state index in [9.17, 15) is 18.8 Å². The molecule has 1 unspecified atom stereocenters. The van der Waals surface area contributed by atoms with Crippen molar-refractivity contribution in [3.8, 4) is 0 Å². The highest BCUT2D eigenvalue weighted by Gasteiger charge is 2.21. The van der Waals surface area contributed by atoms with Gasteiger partial charge in [0.25, 0.3) is 0 Å². The van der Waals surface area contributed by atoms with Crippen LogP contribution in [0, 0.1) is 5.82 Å². The minimum absolute atomic E-state index is 0.122. The lowest BCUT2D eigenvalue weighted by molar-refractivity contribution is -0.126. The molecular weight excluding hydrogens is 351 g/mol. The van der Waals surface area contributed by atoms with E-state index in [2.05, 4.69) is 10.6 Å². The van der Waals surface area contributed by atoms with Gasteiger partial charge in [0.05, 0.1) is 17.7 Å². The second-order valence-corrected chi connectivity index (χ2v) is 6.06. The summed E-state index contributed by atoms with van der Waals surface area (Å²) in [4.78, 5) is 35.7. The number of anilines is 1. The van der Waals surface area contributed by atoms with Gasteiger partial charge in [0.1, 0.15) is 11.9 Å². The number of halogens is 1. The zero-order chi connectivity index (χ0) is 19.8. The fourth-order valence-electron chi connectivity index (χ4n) is 2.56. The average molecular weight is 372 g/mol. The number of carboxylic acids is 1. The standard InChI is InChI=1S/C20H21FN2O4/c1-2-6-16(22-18(24)11-13-7-4-3-5-8-13)19(25)23-17-12-14(20(26)27)9-10-15(17)21/h3-5,7-10,12,16H,2,6,11H2,1H3,(H,22,24)(H,23,25)(H,26,27). The molecule has 27 heavy (non-hydrogen) atoms. The normalized spacial score (nSPS) is 11.5. The number of benzene rings is 2. The van der Waals surface area contributed by atoms with Crippen LogP contribution in [0.15, 0.2) is 48.5 Å². The van der Waals surface area contributed by atoms with Crippen LogP contribution in [0.1, 0.15) is 35.7 Å². The lowest BCUT2D eigenvalue weighted by atomic mass is 10.1. The Morgan fingerprint density at radius 3 is 2.44 bits per heavy atom. The second kappa shape index (κ2) is 9.47. The summed E-state index contributed by atoms with van der Waals surface area (Å²) in [6, 6.07) is 11.4. The predicted octanol–water partition coefficient (Wildman–Crippen LogP) is 2.99. The average Bonchev–Trinajstić information content (AvgIpc) is 2.63. The van der Waals surface area contributed by atoms with Gasteiger partial charge in [0.2, 0.25) is 11.8 Å². The van der Waals surface area contributed by atoms with Crippen LogP contribution in [0.25, 0.3) is 0 Å². The summed E-state index contributed by atoms with van der Waals surface area (Å²) in [6.07, 6.45) is 1.12. The molecule has 6 nitrogen and oxygen atoms in total. The molecule has 7 heteroatoms. The van der Waals surface area contributed by atoms with Crippen LogP contribution >= 0.6 is 0 Å². The molecule has 3 N–H and O–H groups in total. The summed E-state index contributed by atoms with van der Waals surface area (Å²) in [7, 11) is 0. The molecule has 0 heterocycles. The van der Waals surface area contributed by atoms with Crippen molar-refractivity contribution in [2.45, 2.75) is 32.2 Å². The SMILES string of the molecule is CCCC(NC(=O)Cc1ccccc1)C(=O)Nc1cc(C(=O)O)ccc1F. The van der Waals surface area contributed by atoms with Gasteiger partial charge in [-0.25, -0.2) is 9.18 Å². The van der Waals surface area contributed by atoms with Gasteiger partial charge < -0.3 is 15.7 Å². The Morgan fingerprint density at radius 1 is 1.11 bits per heavy atom.